The molecule has 5 heteroatoms. The highest BCUT2D eigenvalue weighted by Gasteiger charge is 1.99. The maximum absolute atomic E-state index is 4.41. The fourth-order valence-electron chi connectivity index (χ4n) is 1.51. The number of nitrogens with one attached hydrogen (secondary N) is 2. The molecule has 2 aromatic rings. The number of benzene rings is 1. The third kappa shape index (κ3) is 3.37. The van der Waals surface area contributed by atoms with E-state index in [9.17, 15) is 0 Å². The van der Waals surface area contributed by atoms with Gasteiger partial charge in [0.2, 0.25) is 0 Å². The first-order valence-electron chi connectivity index (χ1n) is 5.79. The maximum atomic E-state index is 4.41. The third-order valence-corrected chi connectivity index (χ3v) is 3.10. The van der Waals surface area contributed by atoms with E-state index in [0.29, 0.717) is 0 Å². The summed E-state index contributed by atoms with van der Waals surface area (Å²) in [6, 6.07) is 8.23. The first-order chi connectivity index (χ1) is 8.81. The van der Waals surface area contributed by atoms with E-state index >= 15 is 0 Å². The molecule has 0 radical (unpaired) electrons. The summed E-state index contributed by atoms with van der Waals surface area (Å²) in [4.78, 5) is 9.80. The highest BCUT2D eigenvalue weighted by atomic mass is 32.2. The van der Waals surface area contributed by atoms with E-state index < -0.39 is 0 Å². The summed E-state index contributed by atoms with van der Waals surface area (Å²) in [7, 11) is 0. The van der Waals surface area contributed by atoms with E-state index in [1.54, 1.807) is 24.2 Å². The molecule has 1 aromatic carbocycles. The lowest BCUT2D eigenvalue weighted by Gasteiger charge is -2.07. The lowest BCUT2D eigenvalue weighted by Crippen LogP contribution is -2.02. The van der Waals surface area contributed by atoms with Crippen LogP contribution in [0, 0.1) is 0 Å². The number of nitrogens with zero attached hydrogens (tertiary/aromatic N) is 2. The summed E-state index contributed by atoms with van der Waals surface area (Å²) in [5.74, 6) is 1.52. The zero-order chi connectivity index (χ0) is 12.8. The van der Waals surface area contributed by atoms with Gasteiger partial charge in [0.1, 0.15) is 5.82 Å². The van der Waals surface area contributed by atoms with Crippen molar-refractivity contribution in [1.82, 2.24) is 9.97 Å². The predicted octanol–water partition coefficient (Wildman–Crippen LogP) is 3.37. The van der Waals surface area contributed by atoms with Gasteiger partial charge < -0.3 is 10.6 Å². The molecule has 2 N–H and O–H groups in total. The number of anilines is 3. The van der Waals surface area contributed by atoms with Gasteiger partial charge in [-0.05, 0) is 37.4 Å². The Hall–Kier alpha value is -1.75. The quantitative estimate of drug-likeness (QED) is 0.807. The summed E-state index contributed by atoms with van der Waals surface area (Å²) in [5, 5.41) is 6.37. The molecule has 0 fully saturated rings. The van der Waals surface area contributed by atoms with E-state index in [4.69, 9.17) is 0 Å². The number of hydrogen-bond acceptors (Lipinski definition) is 5. The van der Waals surface area contributed by atoms with Crippen LogP contribution in [-0.2, 0) is 0 Å². The molecular weight excluding hydrogens is 244 g/mol. The van der Waals surface area contributed by atoms with Gasteiger partial charge in [0.15, 0.2) is 5.82 Å². The average Bonchev–Trinajstić information content (AvgIpc) is 2.40. The van der Waals surface area contributed by atoms with Crippen LogP contribution in [0.4, 0.5) is 17.3 Å². The molecular formula is C13H16N4S. The van der Waals surface area contributed by atoms with Crippen molar-refractivity contribution >= 4 is 29.1 Å². The molecule has 0 bridgehead atoms. The largest absolute Gasteiger partial charge is 0.369 e. The van der Waals surface area contributed by atoms with Crippen LogP contribution in [0.5, 0.6) is 0 Å². The van der Waals surface area contributed by atoms with Gasteiger partial charge >= 0.3 is 0 Å². The minimum atomic E-state index is 0.741. The van der Waals surface area contributed by atoms with Crippen molar-refractivity contribution in [2.75, 3.05) is 23.4 Å². The smallest absolute Gasteiger partial charge is 0.151 e. The van der Waals surface area contributed by atoms with Crippen LogP contribution >= 0.6 is 11.8 Å². The molecule has 4 nitrogen and oxygen atoms in total. The lowest BCUT2D eigenvalue weighted by atomic mass is 10.3. The molecule has 0 amide bonds. The van der Waals surface area contributed by atoms with Crippen LogP contribution < -0.4 is 10.6 Å². The molecule has 0 spiro atoms. The number of hydrogen-bond donors (Lipinski definition) is 2. The molecule has 0 aliphatic rings. The monoisotopic (exact) mass is 260 g/mol. The van der Waals surface area contributed by atoms with Crippen molar-refractivity contribution in [2.45, 2.75) is 11.8 Å². The Morgan fingerprint density at radius 3 is 2.50 bits per heavy atom. The van der Waals surface area contributed by atoms with Crippen LogP contribution in [0.15, 0.2) is 41.6 Å². The third-order valence-electron chi connectivity index (χ3n) is 2.35. The van der Waals surface area contributed by atoms with Crippen LogP contribution in [0.1, 0.15) is 6.92 Å². The highest BCUT2D eigenvalue weighted by molar-refractivity contribution is 7.98. The van der Waals surface area contributed by atoms with E-state index in [-0.39, 0.29) is 0 Å². The van der Waals surface area contributed by atoms with Crippen molar-refractivity contribution in [3.63, 3.8) is 0 Å². The molecule has 2 rings (SSSR count). The second-order valence-corrected chi connectivity index (χ2v) is 4.55. The Balaban J connectivity index is 2.09. The van der Waals surface area contributed by atoms with Gasteiger partial charge in [-0.25, -0.2) is 4.98 Å². The molecule has 0 saturated heterocycles. The molecule has 1 heterocycles. The van der Waals surface area contributed by atoms with Crippen molar-refractivity contribution in [3.8, 4) is 0 Å². The molecule has 0 saturated carbocycles. The molecule has 0 aliphatic carbocycles. The van der Waals surface area contributed by atoms with Crippen LogP contribution in [-0.4, -0.2) is 22.8 Å². The number of thioether (sulfide) groups is 1. The zero-order valence-electron chi connectivity index (χ0n) is 10.5. The summed E-state index contributed by atoms with van der Waals surface area (Å²) in [6.45, 7) is 2.86. The minimum Gasteiger partial charge on any atom is -0.369 e. The van der Waals surface area contributed by atoms with Gasteiger partial charge in [0.05, 0.1) is 12.4 Å². The average molecular weight is 260 g/mol. The normalized spacial score (nSPS) is 10.1. The van der Waals surface area contributed by atoms with E-state index in [1.807, 2.05) is 19.1 Å². The summed E-state index contributed by atoms with van der Waals surface area (Å²) >= 11 is 1.73. The van der Waals surface area contributed by atoms with Gasteiger partial charge in [-0.2, -0.15) is 0 Å². The fourth-order valence-corrected chi connectivity index (χ4v) is 1.92. The fraction of sp³-hybridized carbons (Fsp3) is 0.231. The summed E-state index contributed by atoms with van der Waals surface area (Å²) < 4.78 is 0. The Labute approximate surface area is 111 Å². The number of rotatable bonds is 5. The van der Waals surface area contributed by atoms with Crippen LogP contribution in [0.2, 0.25) is 0 Å². The van der Waals surface area contributed by atoms with Gasteiger partial charge in [0.25, 0.3) is 0 Å². The molecule has 0 atom stereocenters. The standard InChI is InChI=1S/C13H16N4S/c1-3-15-12-8-14-9-13(17-12)16-10-4-6-11(18-2)7-5-10/h4-9H,3H2,1-2H3,(H2,15,16,17). The summed E-state index contributed by atoms with van der Waals surface area (Å²) in [6.07, 6.45) is 5.49. The van der Waals surface area contributed by atoms with Crippen molar-refractivity contribution in [2.24, 2.45) is 0 Å². The van der Waals surface area contributed by atoms with Gasteiger partial charge in [-0.3, -0.25) is 4.98 Å². The first kappa shape index (κ1) is 12.7. The Bertz CT molecular complexity index is 499. The van der Waals surface area contributed by atoms with Gasteiger partial charge in [-0.1, -0.05) is 0 Å². The molecule has 1 aromatic heterocycles. The SMILES string of the molecule is CCNc1cncc(Nc2ccc(SC)cc2)n1. The molecule has 94 valence electrons. The summed E-state index contributed by atoms with van der Waals surface area (Å²) in [5.41, 5.74) is 1.01. The zero-order valence-corrected chi connectivity index (χ0v) is 11.3. The Morgan fingerprint density at radius 1 is 1.11 bits per heavy atom. The van der Waals surface area contributed by atoms with Gasteiger partial charge in [-0.15, -0.1) is 11.8 Å². The number of aromatic nitrogens is 2. The van der Waals surface area contributed by atoms with Crippen LogP contribution in [0.25, 0.3) is 0 Å². The van der Waals surface area contributed by atoms with Crippen molar-refractivity contribution in [3.05, 3.63) is 36.7 Å². The maximum Gasteiger partial charge on any atom is 0.151 e. The van der Waals surface area contributed by atoms with Crippen LogP contribution in [0.3, 0.4) is 0 Å². The lowest BCUT2D eigenvalue weighted by molar-refractivity contribution is 1.12. The highest BCUT2D eigenvalue weighted by Crippen LogP contribution is 2.20. The van der Waals surface area contributed by atoms with Gasteiger partial charge in [0, 0.05) is 17.1 Å². The second-order valence-electron chi connectivity index (χ2n) is 3.67. The molecule has 0 unspecified atom stereocenters. The van der Waals surface area contributed by atoms with Crippen molar-refractivity contribution < 1.29 is 0 Å². The Kier molecular flexibility index (Phi) is 4.41. The molecule has 18 heavy (non-hydrogen) atoms. The topological polar surface area (TPSA) is 49.8 Å². The Morgan fingerprint density at radius 2 is 1.83 bits per heavy atom. The van der Waals surface area contributed by atoms with E-state index in [2.05, 4.69) is 39.0 Å². The van der Waals surface area contributed by atoms with E-state index in [0.717, 1.165) is 23.9 Å². The van der Waals surface area contributed by atoms with E-state index in [1.165, 1.54) is 4.90 Å². The first-order valence-corrected chi connectivity index (χ1v) is 7.01. The predicted molar refractivity (Wildman–Crippen MR) is 77.7 cm³/mol. The molecule has 0 aliphatic heterocycles. The second kappa shape index (κ2) is 6.26. The minimum absolute atomic E-state index is 0.741. The van der Waals surface area contributed by atoms with Crippen molar-refractivity contribution in [1.29, 1.82) is 0 Å².